The molecule has 2 aromatic heterocycles. The van der Waals surface area contributed by atoms with Gasteiger partial charge in [-0.15, -0.1) is 0 Å². The zero-order valence-corrected chi connectivity index (χ0v) is 16.9. The minimum atomic E-state index is -0.185. The fraction of sp³-hybridized carbons (Fsp3) is 0.304. The van der Waals surface area contributed by atoms with Crippen LogP contribution >= 0.6 is 0 Å². The van der Waals surface area contributed by atoms with Crippen molar-refractivity contribution in [1.29, 1.82) is 0 Å². The highest BCUT2D eigenvalue weighted by molar-refractivity contribution is 5.91. The Bertz CT molecular complexity index is 1050. The third-order valence-corrected chi connectivity index (χ3v) is 5.24. The van der Waals surface area contributed by atoms with Gasteiger partial charge < -0.3 is 23.4 Å². The maximum absolute atomic E-state index is 12.4. The van der Waals surface area contributed by atoms with E-state index in [4.69, 9.17) is 13.6 Å². The number of aryl methyl sites for hydroxylation is 1. The Kier molecular flexibility index (Phi) is 5.99. The normalized spacial score (nSPS) is 14.6. The summed E-state index contributed by atoms with van der Waals surface area (Å²) in [7, 11) is 0. The molecular formula is C23H25N2O5+. The maximum atomic E-state index is 12.4. The van der Waals surface area contributed by atoms with Gasteiger partial charge in [0.25, 0.3) is 5.91 Å². The van der Waals surface area contributed by atoms with Gasteiger partial charge in [-0.3, -0.25) is 9.59 Å². The Morgan fingerprint density at radius 1 is 1.13 bits per heavy atom. The van der Waals surface area contributed by atoms with Gasteiger partial charge in [-0.1, -0.05) is 29.8 Å². The van der Waals surface area contributed by atoms with Gasteiger partial charge in [0, 0.05) is 6.07 Å². The van der Waals surface area contributed by atoms with Crippen molar-refractivity contribution >= 4 is 5.91 Å². The molecule has 1 amide bonds. The molecule has 1 saturated heterocycles. The van der Waals surface area contributed by atoms with E-state index in [0.717, 1.165) is 24.2 Å². The molecule has 4 rings (SSSR count). The highest BCUT2D eigenvalue weighted by Gasteiger charge is 2.26. The van der Waals surface area contributed by atoms with Gasteiger partial charge in [-0.25, -0.2) is 0 Å². The van der Waals surface area contributed by atoms with Crippen LogP contribution in [0.3, 0.4) is 0 Å². The molecule has 3 heterocycles. The van der Waals surface area contributed by atoms with E-state index in [-0.39, 0.29) is 17.1 Å². The third kappa shape index (κ3) is 4.80. The number of benzene rings is 1. The fourth-order valence-corrected chi connectivity index (χ4v) is 3.60. The summed E-state index contributed by atoms with van der Waals surface area (Å²) in [5, 5.41) is 0. The molecule has 7 heteroatoms. The summed E-state index contributed by atoms with van der Waals surface area (Å²) in [5.74, 6) is 1.11. The molecule has 0 aliphatic carbocycles. The standard InChI is InChI=1S/C23H24N2O5/c1-17-4-2-5-18(12-17)15-30-22-16-29-19(13-20(22)26)14-24-7-9-25(10-8-24)23(27)21-6-3-11-28-21/h2-6,11-13,16H,7-10,14-15H2,1H3/p+1. The summed E-state index contributed by atoms with van der Waals surface area (Å²) >= 11 is 0. The average Bonchev–Trinajstić information content (AvgIpc) is 3.28. The summed E-state index contributed by atoms with van der Waals surface area (Å²) < 4.78 is 16.5. The van der Waals surface area contributed by atoms with Crippen LogP contribution in [0, 0.1) is 6.92 Å². The van der Waals surface area contributed by atoms with E-state index < -0.39 is 0 Å². The zero-order valence-electron chi connectivity index (χ0n) is 16.9. The smallest absolute Gasteiger partial charge is 0.289 e. The SMILES string of the molecule is Cc1cccc(COc2coc(C[NH+]3CCN(C(=O)c4ccco4)CC3)cc2=O)c1. The van der Waals surface area contributed by atoms with Gasteiger partial charge in [0.1, 0.15) is 19.4 Å². The van der Waals surface area contributed by atoms with Crippen LogP contribution in [0.4, 0.5) is 0 Å². The molecule has 1 N–H and O–H groups in total. The molecule has 3 aromatic rings. The van der Waals surface area contributed by atoms with Gasteiger partial charge in [0.05, 0.1) is 32.4 Å². The largest absolute Gasteiger partial charge is 0.482 e. The van der Waals surface area contributed by atoms with Gasteiger partial charge >= 0.3 is 0 Å². The number of hydrogen-bond donors (Lipinski definition) is 1. The van der Waals surface area contributed by atoms with Crippen molar-refractivity contribution in [3.05, 3.63) is 87.9 Å². The van der Waals surface area contributed by atoms with E-state index in [1.165, 1.54) is 23.5 Å². The molecule has 0 unspecified atom stereocenters. The first kappa shape index (κ1) is 20.0. The molecule has 1 fully saturated rings. The summed E-state index contributed by atoms with van der Waals surface area (Å²) in [6.45, 7) is 5.76. The van der Waals surface area contributed by atoms with Crippen LogP contribution in [0.5, 0.6) is 5.75 Å². The van der Waals surface area contributed by atoms with E-state index in [1.807, 2.05) is 31.2 Å². The Morgan fingerprint density at radius 2 is 1.97 bits per heavy atom. The number of piperazine rings is 1. The number of nitrogens with zero attached hydrogens (tertiary/aromatic N) is 1. The topological polar surface area (TPSA) is 77.3 Å². The number of furan rings is 1. The van der Waals surface area contributed by atoms with Crippen LogP contribution in [0.25, 0.3) is 0 Å². The predicted octanol–water partition coefficient (Wildman–Crippen LogP) is 1.66. The quantitative estimate of drug-likeness (QED) is 0.670. The van der Waals surface area contributed by atoms with Gasteiger partial charge in [-0.2, -0.15) is 0 Å². The third-order valence-electron chi connectivity index (χ3n) is 5.24. The maximum Gasteiger partial charge on any atom is 0.289 e. The molecule has 1 aliphatic rings. The van der Waals surface area contributed by atoms with E-state index in [2.05, 4.69) is 0 Å². The average molecular weight is 409 g/mol. The number of quaternary nitrogens is 1. The van der Waals surface area contributed by atoms with Crippen molar-refractivity contribution in [3.8, 4) is 5.75 Å². The number of rotatable bonds is 6. The number of hydrogen-bond acceptors (Lipinski definition) is 5. The van der Waals surface area contributed by atoms with E-state index in [0.29, 0.717) is 37.8 Å². The van der Waals surface area contributed by atoms with Crippen molar-refractivity contribution in [3.63, 3.8) is 0 Å². The second-order valence-corrected chi connectivity index (χ2v) is 7.55. The van der Waals surface area contributed by atoms with Crippen LogP contribution in [-0.4, -0.2) is 37.0 Å². The molecule has 156 valence electrons. The Balaban J connectivity index is 1.30. The Morgan fingerprint density at radius 3 is 2.67 bits per heavy atom. The van der Waals surface area contributed by atoms with Crippen molar-refractivity contribution in [2.24, 2.45) is 0 Å². The molecule has 0 bridgehead atoms. The second kappa shape index (κ2) is 9.00. The first-order valence-electron chi connectivity index (χ1n) is 10.0. The predicted molar refractivity (Wildman–Crippen MR) is 110 cm³/mol. The van der Waals surface area contributed by atoms with E-state index in [9.17, 15) is 9.59 Å². The van der Waals surface area contributed by atoms with Gasteiger partial charge in [0.15, 0.2) is 11.5 Å². The Hall–Kier alpha value is -3.32. The fourth-order valence-electron chi connectivity index (χ4n) is 3.60. The molecule has 0 atom stereocenters. The zero-order chi connectivity index (χ0) is 20.9. The number of carbonyl (C=O) groups is 1. The van der Waals surface area contributed by atoms with Crippen LogP contribution < -0.4 is 15.1 Å². The lowest BCUT2D eigenvalue weighted by atomic mass is 10.1. The van der Waals surface area contributed by atoms with Crippen LogP contribution in [0.1, 0.15) is 27.4 Å². The van der Waals surface area contributed by atoms with Gasteiger partial charge in [0.2, 0.25) is 11.2 Å². The monoisotopic (exact) mass is 409 g/mol. The summed E-state index contributed by atoms with van der Waals surface area (Å²) in [4.78, 5) is 27.8. The van der Waals surface area contributed by atoms with Crippen molar-refractivity contribution in [2.45, 2.75) is 20.1 Å². The number of ether oxygens (including phenoxy) is 1. The minimum Gasteiger partial charge on any atom is -0.482 e. The molecule has 30 heavy (non-hydrogen) atoms. The number of amides is 1. The highest BCUT2D eigenvalue weighted by atomic mass is 16.5. The lowest BCUT2D eigenvalue weighted by Gasteiger charge is -2.31. The second-order valence-electron chi connectivity index (χ2n) is 7.55. The highest BCUT2D eigenvalue weighted by Crippen LogP contribution is 2.11. The van der Waals surface area contributed by atoms with Crippen molar-refractivity contribution in [1.82, 2.24) is 4.90 Å². The van der Waals surface area contributed by atoms with E-state index >= 15 is 0 Å². The minimum absolute atomic E-state index is 0.0827. The number of nitrogens with one attached hydrogen (secondary N) is 1. The first-order chi connectivity index (χ1) is 14.6. The van der Waals surface area contributed by atoms with Crippen LogP contribution in [-0.2, 0) is 13.2 Å². The number of carbonyl (C=O) groups excluding carboxylic acids is 1. The lowest BCUT2D eigenvalue weighted by Crippen LogP contribution is -3.13. The van der Waals surface area contributed by atoms with Crippen molar-refractivity contribution in [2.75, 3.05) is 26.2 Å². The molecule has 1 aliphatic heterocycles. The molecule has 0 radical (unpaired) electrons. The van der Waals surface area contributed by atoms with Gasteiger partial charge in [-0.05, 0) is 24.6 Å². The molecule has 0 saturated carbocycles. The first-order valence-corrected chi connectivity index (χ1v) is 10.0. The summed E-state index contributed by atoms with van der Waals surface area (Å²) in [5.41, 5.74) is 1.97. The van der Waals surface area contributed by atoms with Crippen LogP contribution in [0.15, 0.2) is 68.6 Å². The van der Waals surface area contributed by atoms with Crippen molar-refractivity contribution < 1.29 is 23.3 Å². The molecular weight excluding hydrogens is 384 g/mol. The summed E-state index contributed by atoms with van der Waals surface area (Å²) in [6.07, 6.45) is 2.90. The Labute approximate surface area is 174 Å². The molecule has 7 nitrogen and oxygen atoms in total. The summed E-state index contributed by atoms with van der Waals surface area (Å²) in [6, 6.07) is 12.9. The van der Waals surface area contributed by atoms with Crippen LogP contribution in [0.2, 0.25) is 0 Å². The molecule has 0 spiro atoms. The van der Waals surface area contributed by atoms with E-state index in [1.54, 1.807) is 17.0 Å². The lowest BCUT2D eigenvalue weighted by molar-refractivity contribution is -0.918. The molecule has 1 aromatic carbocycles.